The predicted molar refractivity (Wildman–Crippen MR) is 160 cm³/mol. The maximum atomic E-state index is 12.8. The fraction of sp³-hybridized carbons (Fsp3) is 0.419. The first-order valence-corrected chi connectivity index (χ1v) is 17.7. The molecule has 3 aromatic rings. The van der Waals surface area contributed by atoms with Gasteiger partial charge < -0.3 is 18.6 Å². The Kier molecular flexibility index (Phi) is 11.0. The van der Waals surface area contributed by atoms with E-state index in [0.29, 0.717) is 31.1 Å². The second kappa shape index (κ2) is 13.8. The zero-order valence-corrected chi connectivity index (χ0v) is 26.5. The minimum Gasteiger partial charge on any atom is -0.489 e. The molecule has 0 aliphatic heterocycles. The van der Waals surface area contributed by atoms with Crippen molar-refractivity contribution in [3.63, 3.8) is 0 Å². The van der Waals surface area contributed by atoms with Gasteiger partial charge in [-0.1, -0.05) is 68.8 Å². The summed E-state index contributed by atoms with van der Waals surface area (Å²) in [5.74, 6) is 1.17. The van der Waals surface area contributed by atoms with Gasteiger partial charge in [-0.05, 0) is 60.8 Å². The first kappa shape index (κ1) is 31.8. The van der Waals surface area contributed by atoms with Crippen LogP contribution in [0.25, 0.3) is 0 Å². The summed E-state index contributed by atoms with van der Waals surface area (Å²) in [5, 5.41) is 0.0185. The van der Waals surface area contributed by atoms with Gasteiger partial charge in [-0.25, -0.2) is 0 Å². The first-order valence-electron chi connectivity index (χ1n) is 13.4. The van der Waals surface area contributed by atoms with Crippen LogP contribution in [0.1, 0.15) is 43.0 Å². The van der Waals surface area contributed by atoms with Crippen molar-refractivity contribution in [3.8, 4) is 11.5 Å². The van der Waals surface area contributed by atoms with E-state index in [4.69, 9.17) is 22.8 Å². The highest BCUT2D eigenvalue weighted by atomic mass is 32.2. The molecule has 0 atom stereocenters. The molecule has 0 saturated heterocycles. The number of hydrogen-bond acceptors (Lipinski definition) is 7. The van der Waals surface area contributed by atoms with Crippen molar-refractivity contribution in [1.29, 1.82) is 0 Å². The van der Waals surface area contributed by atoms with Crippen LogP contribution in [0, 0.1) is 6.92 Å². The number of benzene rings is 3. The van der Waals surface area contributed by atoms with Gasteiger partial charge in [0.1, 0.15) is 18.1 Å². The van der Waals surface area contributed by atoms with Crippen molar-refractivity contribution in [2.75, 3.05) is 20.5 Å². The van der Waals surface area contributed by atoms with E-state index in [2.05, 4.69) is 33.9 Å². The zero-order chi connectivity index (χ0) is 29.4. The van der Waals surface area contributed by atoms with Gasteiger partial charge in [0.15, 0.2) is 15.1 Å². The highest BCUT2D eigenvalue weighted by molar-refractivity contribution is 7.86. The summed E-state index contributed by atoms with van der Waals surface area (Å²) in [6.45, 7) is 13.5. The highest BCUT2D eigenvalue weighted by Crippen LogP contribution is 2.39. The van der Waals surface area contributed by atoms with E-state index in [-0.39, 0.29) is 23.3 Å². The molecule has 218 valence electrons. The Balaban J connectivity index is 1.90. The second-order valence-corrected chi connectivity index (χ2v) is 17.7. The molecule has 9 heteroatoms. The number of rotatable bonds is 14. The molecule has 7 nitrogen and oxygen atoms in total. The van der Waals surface area contributed by atoms with Crippen molar-refractivity contribution in [2.24, 2.45) is 0 Å². The van der Waals surface area contributed by atoms with E-state index in [1.807, 2.05) is 49.4 Å². The van der Waals surface area contributed by atoms with E-state index in [1.54, 1.807) is 31.4 Å². The molecule has 0 heterocycles. The molecule has 3 aromatic carbocycles. The predicted octanol–water partition coefficient (Wildman–Crippen LogP) is 7.03. The summed E-state index contributed by atoms with van der Waals surface area (Å²) in [6.07, 6.45) is 0.313. The van der Waals surface area contributed by atoms with Gasteiger partial charge in [-0.2, -0.15) is 8.42 Å². The van der Waals surface area contributed by atoms with E-state index in [0.717, 1.165) is 22.3 Å². The Morgan fingerprint density at radius 3 is 2.17 bits per heavy atom. The molecule has 0 aromatic heterocycles. The minimum absolute atomic E-state index is 0.0185. The molecule has 0 N–H and O–H groups in total. The lowest BCUT2D eigenvalue weighted by atomic mass is 10.0. The Morgan fingerprint density at radius 2 is 1.55 bits per heavy atom. The Hall–Kier alpha value is -2.69. The molecule has 3 rings (SSSR count). The SMILES string of the molecule is COCOc1cc(OCc2ccccc2)cc(CCOS(=O)(=O)c2ccc(C)cc2)c1CO[Si](C)(C)C(C)(C)C. The lowest BCUT2D eigenvalue weighted by molar-refractivity contribution is 0.0493. The molecule has 40 heavy (non-hydrogen) atoms. The molecule has 0 spiro atoms. The molecule has 0 fully saturated rings. The van der Waals surface area contributed by atoms with Gasteiger partial charge in [0.05, 0.1) is 18.1 Å². The molecular weight excluding hydrogens is 544 g/mol. The normalized spacial score (nSPS) is 12.4. The van der Waals surface area contributed by atoms with Crippen molar-refractivity contribution >= 4 is 18.4 Å². The van der Waals surface area contributed by atoms with Crippen LogP contribution in [0.15, 0.2) is 71.6 Å². The van der Waals surface area contributed by atoms with Crippen LogP contribution in [-0.2, 0) is 43.1 Å². The molecule has 0 aliphatic rings. The monoisotopic (exact) mass is 586 g/mol. The Morgan fingerprint density at radius 1 is 0.875 bits per heavy atom. The number of aryl methyl sites for hydroxylation is 1. The topological polar surface area (TPSA) is 80.3 Å². The summed E-state index contributed by atoms with van der Waals surface area (Å²) in [5.41, 5.74) is 3.65. The van der Waals surface area contributed by atoms with Gasteiger partial charge >= 0.3 is 0 Å². The molecular formula is C31H42O7SSi. The fourth-order valence-electron chi connectivity index (χ4n) is 3.64. The largest absolute Gasteiger partial charge is 0.489 e. The average molecular weight is 587 g/mol. The molecule has 0 bridgehead atoms. The van der Waals surface area contributed by atoms with Crippen LogP contribution in [0.4, 0.5) is 0 Å². The van der Waals surface area contributed by atoms with Crippen LogP contribution >= 0.6 is 0 Å². The summed E-state index contributed by atoms with van der Waals surface area (Å²) in [4.78, 5) is 0.128. The summed E-state index contributed by atoms with van der Waals surface area (Å²) >= 11 is 0. The standard InChI is InChI=1S/C31H42O7SSi/c1-24-13-15-28(16-14-24)39(32,33)37-18-17-26-19-27(35-21-25-11-9-8-10-12-25)20-30(36-23-34-5)29(26)22-38-40(6,7)31(2,3)4/h8-16,19-20H,17-18,21-23H2,1-7H3. The Bertz CT molecular complexity index is 1330. The van der Waals surface area contributed by atoms with E-state index in [9.17, 15) is 8.42 Å². The number of hydrogen-bond donors (Lipinski definition) is 0. The van der Waals surface area contributed by atoms with Crippen LogP contribution in [0.2, 0.25) is 18.1 Å². The molecule has 0 amide bonds. The quantitative estimate of drug-likeness (QED) is 0.114. The van der Waals surface area contributed by atoms with Gasteiger partial charge in [0.2, 0.25) is 0 Å². The molecule has 0 aliphatic carbocycles. The summed E-state index contributed by atoms with van der Waals surface area (Å²) in [7, 11) is -4.43. The van der Waals surface area contributed by atoms with Gasteiger partial charge in [0, 0.05) is 18.7 Å². The third-order valence-corrected chi connectivity index (χ3v) is 13.0. The maximum Gasteiger partial charge on any atom is 0.296 e. The third-order valence-electron chi connectivity index (χ3n) is 7.16. The van der Waals surface area contributed by atoms with Crippen LogP contribution < -0.4 is 9.47 Å². The number of ether oxygens (including phenoxy) is 3. The van der Waals surface area contributed by atoms with Crippen LogP contribution in [0.5, 0.6) is 11.5 Å². The van der Waals surface area contributed by atoms with Crippen LogP contribution in [0.3, 0.4) is 0 Å². The lowest BCUT2D eigenvalue weighted by Gasteiger charge is -2.36. The number of methoxy groups -OCH3 is 1. The molecule has 0 radical (unpaired) electrons. The third kappa shape index (κ3) is 8.91. The summed E-state index contributed by atoms with van der Waals surface area (Å²) in [6, 6.07) is 20.2. The van der Waals surface area contributed by atoms with Crippen molar-refractivity contribution < 1.29 is 31.2 Å². The first-order chi connectivity index (χ1) is 18.8. The van der Waals surface area contributed by atoms with Gasteiger partial charge in [-0.3, -0.25) is 4.18 Å². The van der Waals surface area contributed by atoms with Crippen molar-refractivity contribution in [2.45, 2.75) is 70.4 Å². The molecule has 0 unspecified atom stereocenters. The minimum atomic E-state index is -3.90. The van der Waals surface area contributed by atoms with Gasteiger partial charge in [0.25, 0.3) is 10.1 Å². The fourth-order valence-corrected chi connectivity index (χ4v) is 5.49. The van der Waals surface area contributed by atoms with Gasteiger partial charge in [-0.15, -0.1) is 0 Å². The van der Waals surface area contributed by atoms with Crippen LogP contribution in [-0.4, -0.2) is 37.2 Å². The smallest absolute Gasteiger partial charge is 0.296 e. The van der Waals surface area contributed by atoms with Crippen molar-refractivity contribution in [1.82, 2.24) is 0 Å². The van der Waals surface area contributed by atoms with E-state index in [1.165, 1.54) is 0 Å². The highest BCUT2D eigenvalue weighted by Gasteiger charge is 2.37. The average Bonchev–Trinajstić information content (AvgIpc) is 2.90. The van der Waals surface area contributed by atoms with E-state index < -0.39 is 18.4 Å². The maximum absolute atomic E-state index is 12.8. The second-order valence-electron chi connectivity index (χ2n) is 11.3. The van der Waals surface area contributed by atoms with Crippen molar-refractivity contribution in [3.05, 3.63) is 89.0 Å². The van der Waals surface area contributed by atoms with E-state index >= 15 is 0 Å². The lowest BCUT2D eigenvalue weighted by Crippen LogP contribution is -2.40. The summed E-state index contributed by atoms with van der Waals surface area (Å²) < 4.78 is 54.9. The molecule has 0 saturated carbocycles. The Labute approximate surface area is 240 Å². The zero-order valence-electron chi connectivity index (χ0n) is 24.7.